The van der Waals surface area contributed by atoms with Gasteiger partial charge in [0, 0.05) is 35.6 Å². The molecule has 2 aliphatic rings. The molecule has 6 heteroatoms. The standard InChI is InChI=1S/C27H30ClN3S2/c1-18-6-8-20(9-7-18)25-24(19-10-12-22(28)13-11-19)30-26(33-25)21-14-16-31(17-15-21)27(32)29-23-4-2-3-5-23/h6-13,21,23H,2-5,14-17H2,1H3,(H,29,32). The first-order chi connectivity index (χ1) is 16.1. The molecule has 2 heterocycles. The van der Waals surface area contributed by atoms with E-state index in [-0.39, 0.29) is 0 Å². The summed E-state index contributed by atoms with van der Waals surface area (Å²) in [7, 11) is 0. The first kappa shape index (κ1) is 22.8. The van der Waals surface area contributed by atoms with Crippen LogP contribution in [0.5, 0.6) is 0 Å². The SMILES string of the molecule is Cc1ccc(-c2sc(C3CCN(C(=S)NC4CCCC4)CC3)nc2-c2ccc(Cl)cc2)cc1. The Kier molecular flexibility index (Phi) is 7.00. The molecule has 0 spiro atoms. The Bertz CT molecular complexity index is 1030. The third kappa shape index (κ3) is 5.26. The molecular weight excluding hydrogens is 466 g/mol. The van der Waals surface area contributed by atoms with E-state index in [0.717, 1.165) is 47.3 Å². The fraction of sp³-hybridized carbons (Fsp3) is 0.407. The second-order valence-electron chi connectivity index (χ2n) is 9.29. The summed E-state index contributed by atoms with van der Waals surface area (Å²) >= 11 is 13.7. The Labute approximate surface area is 211 Å². The van der Waals surface area contributed by atoms with Gasteiger partial charge in [-0.3, -0.25) is 0 Å². The molecule has 3 aromatic rings. The van der Waals surface area contributed by atoms with E-state index in [9.17, 15) is 0 Å². The molecule has 0 amide bonds. The van der Waals surface area contributed by atoms with Crippen LogP contribution >= 0.6 is 35.2 Å². The Balaban J connectivity index is 1.35. The lowest BCUT2D eigenvalue weighted by atomic mass is 9.97. The molecule has 0 bridgehead atoms. The minimum Gasteiger partial charge on any atom is -0.360 e. The van der Waals surface area contributed by atoms with Gasteiger partial charge in [0.1, 0.15) is 0 Å². The average molecular weight is 496 g/mol. The highest BCUT2D eigenvalue weighted by molar-refractivity contribution is 7.80. The van der Waals surface area contributed by atoms with Crippen LogP contribution in [0.15, 0.2) is 48.5 Å². The zero-order valence-corrected chi connectivity index (χ0v) is 21.4. The zero-order valence-electron chi connectivity index (χ0n) is 19.0. The van der Waals surface area contributed by atoms with Gasteiger partial charge < -0.3 is 10.2 Å². The lowest BCUT2D eigenvalue weighted by molar-refractivity contribution is 0.306. The number of benzene rings is 2. The van der Waals surface area contributed by atoms with Crippen LogP contribution in [-0.4, -0.2) is 34.1 Å². The molecule has 3 nitrogen and oxygen atoms in total. The van der Waals surface area contributed by atoms with Gasteiger partial charge in [0.05, 0.1) is 15.6 Å². The number of rotatable bonds is 4. The molecule has 1 aliphatic carbocycles. The van der Waals surface area contributed by atoms with Gasteiger partial charge in [-0.2, -0.15) is 0 Å². The van der Waals surface area contributed by atoms with Crippen molar-refractivity contribution in [2.45, 2.75) is 57.4 Å². The zero-order chi connectivity index (χ0) is 22.8. The topological polar surface area (TPSA) is 28.2 Å². The first-order valence-corrected chi connectivity index (χ1v) is 13.6. The van der Waals surface area contributed by atoms with E-state index in [1.54, 1.807) is 0 Å². The smallest absolute Gasteiger partial charge is 0.169 e. The number of aryl methyl sites for hydroxylation is 1. The number of thiazole rings is 1. The largest absolute Gasteiger partial charge is 0.360 e. The van der Waals surface area contributed by atoms with Crippen molar-refractivity contribution >= 4 is 40.3 Å². The molecule has 0 radical (unpaired) electrons. The number of halogens is 1. The third-order valence-corrected chi connectivity index (χ3v) is 8.78. The van der Waals surface area contributed by atoms with Crippen LogP contribution in [0.25, 0.3) is 21.7 Å². The van der Waals surface area contributed by atoms with Crippen LogP contribution in [0.2, 0.25) is 5.02 Å². The normalized spacial score (nSPS) is 17.5. The molecule has 2 fully saturated rings. The van der Waals surface area contributed by atoms with Gasteiger partial charge in [0.25, 0.3) is 0 Å². The van der Waals surface area contributed by atoms with E-state index < -0.39 is 0 Å². The van der Waals surface area contributed by atoms with Gasteiger partial charge in [-0.25, -0.2) is 4.98 Å². The van der Waals surface area contributed by atoms with E-state index in [1.807, 2.05) is 23.5 Å². The summed E-state index contributed by atoms with van der Waals surface area (Å²) in [6.45, 7) is 4.12. The van der Waals surface area contributed by atoms with E-state index in [4.69, 9.17) is 28.8 Å². The summed E-state index contributed by atoms with van der Waals surface area (Å²) in [5.41, 5.74) is 4.69. The van der Waals surface area contributed by atoms with Crippen molar-refractivity contribution in [2.75, 3.05) is 13.1 Å². The van der Waals surface area contributed by atoms with Crippen LogP contribution in [0.3, 0.4) is 0 Å². The first-order valence-electron chi connectivity index (χ1n) is 12.0. The molecule has 1 aromatic heterocycles. The van der Waals surface area contributed by atoms with Crippen molar-refractivity contribution in [3.05, 3.63) is 64.1 Å². The number of nitrogens with zero attached hydrogens (tertiary/aromatic N) is 2. The summed E-state index contributed by atoms with van der Waals surface area (Å²) in [5.74, 6) is 0.478. The molecule has 33 heavy (non-hydrogen) atoms. The van der Waals surface area contributed by atoms with E-state index in [1.165, 1.54) is 46.7 Å². The molecule has 0 atom stereocenters. The number of piperidine rings is 1. The maximum atomic E-state index is 6.15. The van der Waals surface area contributed by atoms with Crippen molar-refractivity contribution in [3.8, 4) is 21.7 Å². The molecule has 5 rings (SSSR count). The number of nitrogens with one attached hydrogen (secondary N) is 1. The molecule has 1 saturated carbocycles. The molecule has 2 aromatic carbocycles. The van der Waals surface area contributed by atoms with Gasteiger partial charge in [-0.1, -0.05) is 66.4 Å². The molecule has 172 valence electrons. The van der Waals surface area contributed by atoms with E-state index in [2.05, 4.69) is 53.5 Å². The highest BCUT2D eigenvalue weighted by Crippen LogP contribution is 2.42. The monoisotopic (exact) mass is 495 g/mol. The summed E-state index contributed by atoms with van der Waals surface area (Å²) in [4.78, 5) is 8.80. The second-order valence-corrected chi connectivity index (χ2v) is 11.1. The van der Waals surface area contributed by atoms with Crippen LogP contribution in [0, 0.1) is 6.92 Å². The van der Waals surface area contributed by atoms with Gasteiger partial charge >= 0.3 is 0 Å². The van der Waals surface area contributed by atoms with E-state index >= 15 is 0 Å². The number of likely N-dealkylation sites (tertiary alicyclic amines) is 1. The maximum Gasteiger partial charge on any atom is 0.169 e. The summed E-state index contributed by atoms with van der Waals surface area (Å²) in [6, 6.07) is 17.4. The summed E-state index contributed by atoms with van der Waals surface area (Å²) in [6.07, 6.45) is 7.34. The number of hydrogen-bond acceptors (Lipinski definition) is 3. The van der Waals surface area contributed by atoms with E-state index in [0.29, 0.717) is 12.0 Å². The van der Waals surface area contributed by atoms with Crippen molar-refractivity contribution in [1.29, 1.82) is 0 Å². The predicted octanol–water partition coefficient (Wildman–Crippen LogP) is 7.44. The van der Waals surface area contributed by atoms with Crippen molar-refractivity contribution in [2.24, 2.45) is 0 Å². The van der Waals surface area contributed by atoms with Crippen LogP contribution < -0.4 is 5.32 Å². The van der Waals surface area contributed by atoms with Crippen molar-refractivity contribution in [1.82, 2.24) is 15.2 Å². The number of hydrogen-bond donors (Lipinski definition) is 1. The predicted molar refractivity (Wildman–Crippen MR) is 144 cm³/mol. The molecular formula is C27H30ClN3S2. The van der Waals surface area contributed by atoms with Crippen molar-refractivity contribution in [3.63, 3.8) is 0 Å². The van der Waals surface area contributed by atoms with Crippen LogP contribution in [0.1, 0.15) is 55.0 Å². The Hall–Kier alpha value is -1.95. The second kappa shape index (κ2) is 10.1. The average Bonchev–Trinajstić information content (AvgIpc) is 3.51. The fourth-order valence-electron chi connectivity index (χ4n) is 4.88. The van der Waals surface area contributed by atoms with Gasteiger partial charge in [-0.05, 0) is 62.5 Å². The Morgan fingerprint density at radius 1 is 0.970 bits per heavy atom. The molecule has 1 N–H and O–H groups in total. The molecule has 0 unspecified atom stereocenters. The number of thiocarbonyl (C=S) groups is 1. The summed E-state index contributed by atoms with van der Waals surface area (Å²) < 4.78 is 0. The highest BCUT2D eigenvalue weighted by Gasteiger charge is 2.27. The van der Waals surface area contributed by atoms with Crippen LogP contribution in [0.4, 0.5) is 0 Å². The van der Waals surface area contributed by atoms with Crippen molar-refractivity contribution < 1.29 is 0 Å². The summed E-state index contributed by atoms with van der Waals surface area (Å²) in [5, 5.41) is 6.54. The lowest BCUT2D eigenvalue weighted by Gasteiger charge is -2.34. The fourth-order valence-corrected chi connectivity index (χ4v) is 6.62. The van der Waals surface area contributed by atoms with Crippen LogP contribution in [-0.2, 0) is 0 Å². The molecule has 1 saturated heterocycles. The molecule has 1 aliphatic heterocycles. The Morgan fingerprint density at radius 3 is 2.27 bits per heavy atom. The Morgan fingerprint density at radius 2 is 1.61 bits per heavy atom. The number of aromatic nitrogens is 1. The quantitative estimate of drug-likeness (QED) is 0.381. The van der Waals surface area contributed by atoms with Gasteiger partial charge in [-0.15, -0.1) is 11.3 Å². The maximum absolute atomic E-state index is 6.15. The van der Waals surface area contributed by atoms with Gasteiger partial charge in [0.15, 0.2) is 5.11 Å². The minimum absolute atomic E-state index is 0.478. The lowest BCUT2D eigenvalue weighted by Crippen LogP contribution is -2.46. The van der Waals surface area contributed by atoms with Gasteiger partial charge in [0.2, 0.25) is 0 Å². The highest BCUT2D eigenvalue weighted by atomic mass is 35.5. The third-order valence-electron chi connectivity index (χ3n) is 6.89. The minimum atomic E-state index is 0.478.